The van der Waals surface area contributed by atoms with Crippen LogP contribution in [0.4, 0.5) is 0 Å². The van der Waals surface area contributed by atoms with Crippen LogP contribution in [0.2, 0.25) is 0 Å². The predicted molar refractivity (Wildman–Crippen MR) is 108 cm³/mol. The van der Waals surface area contributed by atoms with Crippen LogP contribution < -0.4 is 0 Å². The van der Waals surface area contributed by atoms with Gasteiger partial charge in [0.2, 0.25) is 5.78 Å². The van der Waals surface area contributed by atoms with E-state index in [9.17, 15) is 19.5 Å². The molecule has 0 spiro atoms. The van der Waals surface area contributed by atoms with Crippen molar-refractivity contribution in [3.05, 3.63) is 11.6 Å². The number of aliphatic hydroxyl groups is 1. The van der Waals surface area contributed by atoms with Crippen molar-refractivity contribution in [1.82, 2.24) is 0 Å². The first-order valence-corrected chi connectivity index (χ1v) is 11.3. The number of carbonyl (C=O) groups is 3. The van der Waals surface area contributed by atoms with Gasteiger partial charge in [0, 0.05) is 18.8 Å². The zero-order valence-corrected chi connectivity index (χ0v) is 18.0. The van der Waals surface area contributed by atoms with Crippen LogP contribution in [0, 0.1) is 28.6 Å². The highest BCUT2D eigenvalue weighted by atomic mass is 16.5. The number of hydrogen-bond acceptors (Lipinski definition) is 5. The van der Waals surface area contributed by atoms with Crippen LogP contribution in [-0.2, 0) is 19.1 Å². The molecule has 3 saturated carbocycles. The standard InChI is InChI=1S/C24H34O5/c1-4-23-11-7-17(26)13-16(23)5-6-18-19-9-12-24(28,21(27)14-29-15(2)25)22(19,3)10-8-20(18)23/h13,18-20,28H,4-12,14H2,1-3H3/t18-,19-,20-,22-,23-,24-/m0/s1. The van der Waals surface area contributed by atoms with E-state index in [1.807, 2.05) is 6.08 Å². The summed E-state index contributed by atoms with van der Waals surface area (Å²) in [5.74, 6) is 0.749. The summed E-state index contributed by atoms with van der Waals surface area (Å²) in [5.41, 5.74) is -0.386. The van der Waals surface area contributed by atoms with Crippen LogP contribution in [0.25, 0.3) is 0 Å². The summed E-state index contributed by atoms with van der Waals surface area (Å²) in [6.07, 6.45) is 9.70. The van der Waals surface area contributed by atoms with Crippen molar-refractivity contribution in [2.24, 2.45) is 28.6 Å². The average Bonchev–Trinajstić information content (AvgIpc) is 2.98. The summed E-state index contributed by atoms with van der Waals surface area (Å²) in [7, 11) is 0. The highest BCUT2D eigenvalue weighted by Gasteiger charge is 2.66. The van der Waals surface area contributed by atoms with Crippen LogP contribution in [0.3, 0.4) is 0 Å². The molecule has 0 bridgehead atoms. The van der Waals surface area contributed by atoms with Crippen LogP contribution in [-0.4, -0.2) is 34.9 Å². The van der Waals surface area contributed by atoms with Gasteiger partial charge in [-0.1, -0.05) is 19.4 Å². The summed E-state index contributed by atoms with van der Waals surface area (Å²) in [6, 6.07) is 0. The first kappa shape index (κ1) is 20.8. The van der Waals surface area contributed by atoms with Crippen molar-refractivity contribution < 1.29 is 24.2 Å². The van der Waals surface area contributed by atoms with Gasteiger partial charge in [0.1, 0.15) is 5.60 Å². The van der Waals surface area contributed by atoms with Gasteiger partial charge >= 0.3 is 5.97 Å². The average molecular weight is 403 g/mol. The van der Waals surface area contributed by atoms with E-state index in [0.717, 1.165) is 44.9 Å². The monoisotopic (exact) mass is 402 g/mol. The second-order valence-electron chi connectivity index (χ2n) is 10.1. The SMILES string of the molecule is CC[C@]12CCC(=O)C=C1CC[C@@H]1[C@@H]2CC[C@@]2(C)[C@H]1CC[C@]2(O)C(=O)COC(C)=O. The van der Waals surface area contributed by atoms with Gasteiger partial charge in [-0.15, -0.1) is 0 Å². The maximum atomic E-state index is 12.9. The molecule has 0 aliphatic heterocycles. The lowest BCUT2D eigenvalue weighted by molar-refractivity contribution is -0.169. The number of ketones is 2. The first-order valence-electron chi connectivity index (χ1n) is 11.3. The highest BCUT2D eigenvalue weighted by molar-refractivity contribution is 5.92. The van der Waals surface area contributed by atoms with Crippen LogP contribution >= 0.6 is 0 Å². The molecule has 4 aliphatic rings. The molecule has 1 N–H and O–H groups in total. The van der Waals surface area contributed by atoms with Crippen LogP contribution in [0.1, 0.15) is 78.6 Å². The van der Waals surface area contributed by atoms with Gasteiger partial charge in [-0.3, -0.25) is 14.4 Å². The zero-order chi connectivity index (χ0) is 21.0. The maximum absolute atomic E-state index is 12.9. The molecule has 6 atom stereocenters. The smallest absolute Gasteiger partial charge is 0.303 e. The number of allylic oxidation sites excluding steroid dienone is 1. The fourth-order valence-electron chi connectivity index (χ4n) is 7.79. The van der Waals surface area contributed by atoms with E-state index in [1.165, 1.54) is 12.5 Å². The summed E-state index contributed by atoms with van der Waals surface area (Å²) in [6.45, 7) is 5.29. The van der Waals surface area contributed by atoms with Gasteiger partial charge in [-0.2, -0.15) is 0 Å². The fourth-order valence-corrected chi connectivity index (χ4v) is 7.79. The molecular formula is C24H34O5. The van der Waals surface area contributed by atoms with Crippen molar-refractivity contribution in [2.75, 3.05) is 6.61 Å². The number of rotatable bonds is 4. The lowest BCUT2D eigenvalue weighted by Gasteiger charge is -2.59. The number of ether oxygens (including phenoxy) is 1. The molecule has 0 aromatic heterocycles. The molecule has 5 heteroatoms. The Balaban J connectivity index is 1.62. The third-order valence-corrected chi connectivity index (χ3v) is 9.34. The molecule has 0 unspecified atom stereocenters. The Morgan fingerprint density at radius 1 is 1.14 bits per heavy atom. The Kier molecular flexibility index (Phi) is 5.04. The third-order valence-electron chi connectivity index (χ3n) is 9.34. The number of carbonyl (C=O) groups excluding carboxylic acids is 3. The molecule has 3 fully saturated rings. The topological polar surface area (TPSA) is 80.7 Å². The molecule has 0 aromatic rings. The molecule has 4 aliphatic carbocycles. The van der Waals surface area contributed by atoms with Gasteiger partial charge in [-0.25, -0.2) is 0 Å². The quantitative estimate of drug-likeness (QED) is 0.724. The second-order valence-corrected chi connectivity index (χ2v) is 10.1. The Labute approximate surface area is 173 Å². The van der Waals surface area contributed by atoms with E-state index in [2.05, 4.69) is 13.8 Å². The zero-order valence-electron chi connectivity index (χ0n) is 18.0. The minimum absolute atomic E-state index is 0.126. The molecule has 0 radical (unpaired) electrons. The Morgan fingerprint density at radius 2 is 1.86 bits per heavy atom. The minimum atomic E-state index is -1.41. The van der Waals surface area contributed by atoms with E-state index in [4.69, 9.17) is 4.74 Å². The first-order chi connectivity index (χ1) is 13.7. The van der Waals surface area contributed by atoms with Crippen molar-refractivity contribution in [2.45, 2.75) is 84.2 Å². The maximum Gasteiger partial charge on any atom is 0.303 e. The van der Waals surface area contributed by atoms with Gasteiger partial charge in [-0.05, 0) is 80.6 Å². The molecule has 160 valence electrons. The molecule has 5 nitrogen and oxygen atoms in total. The van der Waals surface area contributed by atoms with Crippen molar-refractivity contribution in [3.8, 4) is 0 Å². The number of hydrogen-bond donors (Lipinski definition) is 1. The van der Waals surface area contributed by atoms with E-state index in [0.29, 0.717) is 30.6 Å². The largest absolute Gasteiger partial charge is 0.458 e. The lowest BCUT2D eigenvalue weighted by atomic mass is 9.45. The van der Waals surface area contributed by atoms with Crippen molar-refractivity contribution in [3.63, 3.8) is 0 Å². The summed E-state index contributed by atoms with van der Waals surface area (Å²) in [5, 5.41) is 11.5. The fraction of sp³-hybridized carbons (Fsp3) is 0.792. The van der Waals surface area contributed by atoms with Crippen LogP contribution in [0.15, 0.2) is 11.6 Å². The van der Waals surface area contributed by atoms with E-state index >= 15 is 0 Å². The van der Waals surface area contributed by atoms with Gasteiger partial charge in [0.15, 0.2) is 12.4 Å². The number of esters is 1. The number of Topliss-reactive ketones (excluding diaryl/α,β-unsaturated/α-hetero) is 1. The molecule has 0 heterocycles. The van der Waals surface area contributed by atoms with Gasteiger partial charge in [0.25, 0.3) is 0 Å². The second kappa shape index (κ2) is 7.04. The van der Waals surface area contributed by atoms with Gasteiger partial charge < -0.3 is 9.84 Å². The van der Waals surface area contributed by atoms with Crippen LogP contribution in [0.5, 0.6) is 0 Å². The molecule has 29 heavy (non-hydrogen) atoms. The van der Waals surface area contributed by atoms with E-state index < -0.39 is 17.0 Å². The van der Waals surface area contributed by atoms with Gasteiger partial charge in [0.05, 0.1) is 0 Å². The summed E-state index contributed by atoms with van der Waals surface area (Å²) < 4.78 is 4.94. The highest BCUT2D eigenvalue weighted by Crippen LogP contribution is 2.68. The molecule has 0 amide bonds. The lowest BCUT2D eigenvalue weighted by Crippen LogP contribution is -2.58. The van der Waals surface area contributed by atoms with E-state index in [1.54, 1.807) is 0 Å². The number of fused-ring (bicyclic) bond motifs is 5. The minimum Gasteiger partial charge on any atom is -0.458 e. The molecule has 0 aromatic carbocycles. The van der Waals surface area contributed by atoms with Crippen molar-refractivity contribution in [1.29, 1.82) is 0 Å². The Hall–Kier alpha value is -1.49. The predicted octanol–water partition coefficient (Wildman–Crippen LogP) is 3.77. The Morgan fingerprint density at radius 3 is 2.55 bits per heavy atom. The third kappa shape index (κ3) is 2.87. The Bertz CT molecular complexity index is 769. The molecule has 0 saturated heterocycles. The summed E-state index contributed by atoms with van der Waals surface area (Å²) in [4.78, 5) is 36.1. The normalized spacial score (nSPS) is 43.7. The van der Waals surface area contributed by atoms with E-state index in [-0.39, 0.29) is 23.6 Å². The summed E-state index contributed by atoms with van der Waals surface area (Å²) >= 11 is 0. The van der Waals surface area contributed by atoms with Crippen molar-refractivity contribution >= 4 is 17.5 Å². The molecule has 4 rings (SSSR count). The molecular weight excluding hydrogens is 368 g/mol.